The standard InChI is InChI=1S/C32H39N5O3S2/c1-35-14-5-9-30(35)32-34-29(22-41-32)28-21-37(42(38,39)26-7-3-2-4-8-26)31-27(28)19-24(20-33-31)23-10-12-25(13-11-23)36-15-6-17-40-18-16-36/h2-4,7-8,19-23,25,30H,5-6,9-18H2,1H3/t23-,25+,30?. The summed E-state index contributed by atoms with van der Waals surface area (Å²) < 4.78 is 34.7. The maximum absolute atomic E-state index is 13.8. The van der Waals surface area contributed by atoms with E-state index in [4.69, 9.17) is 14.7 Å². The summed E-state index contributed by atoms with van der Waals surface area (Å²) in [6.45, 7) is 4.94. The minimum atomic E-state index is -3.82. The third kappa shape index (κ3) is 5.32. The number of hydrogen-bond acceptors (Lipinski definition) is 8. The number of rotatable bonds is 6. The zero-order valence-electron chi connectivity index (χ0n) is 24.2. The highest BCUT2D eigenvalue weighted by atomic mass is 32.2. The predicted octanol–water partition coefficient (Wildman–Crippen LogP) is 5.91. The van der Waals surface area contributed by atoms with Gasteiger partial charge in [0, 0.05) is 54.5 Å². The number of aromatic nitrogens is 3. The average Bonchev–Trinajstić information content (AvgIpc) is 3.71. The van der Waals surface area contributed by atoms with Gasteiger partial charge >= 0.3 is 0 Å². The molecule has 0 bridgehead atoms. The van der Waals surface area contributed by atoms with Crippen molar-refractivity contribution < 1.29 is 13.2 Å². The van der Waals surface area contributed by atoms with Crippen LogP contribution in [-0.2, 0) is 14.8 Å². The number of nitrogens with zero attached hydrogens (tertiary/aromatic N) is 5. The summed E-state index contributed by atoms with van der Waals surface area (Å²) in [6, 6.07) is 11.8. The monoisotopic (exact) mass is 605 g/mol. The first-order valence-electron chi connectivity index (χ1n) is 15.3. The molecule has 8 nitrogen and oxygen atoms in total. The summed E-state index contributed by atoms with van der Waals surface area (Å²) in [5.74, 6) is 0.418. The Labute approximate surface area is 252 Å². The van der Waals surface area contributed by atoms with Crippen LogP contribution in [0.3, 0.4) is 0 Å². The van der Waals surface area contributed by atoms with Gasteiger partial charge in [-0.3, -0.25) is 9.80 Å². The van der Waals surface area contributed by atoms with Crippen molar-refractivity contribution in [2.75, 3.05) is 39.9 Å². The lowest BCUT2D eigenvalue weighted by molar-refractivity contribution is 0.118. The molecule has 3 fully saturated rings. The highest BCUT2D eigenvalue weighted by molar-refractivity contribution is 7.90. The van der Waals surface area contributed by atoms with E-state index >= 15 is 0 Å². The Morgan fingerprint density at radius 3 is 2.60 bits per heavy atom. The second-order valence-electron chi connectivity index (χ2n) is 12.0. The van der Waals surface area contributed by atoms with Gasteiger partial charge in [-0.15, -0.1) is 11.3 Å². The highest BCUT2D eigenvalue weighted by Gasteiger charge is 2.30. The molecule has 4 aromatic rings. The number of fused-ring (bicyclic) bond motifs is 1. The van der Waals surface area contributed by atoms with Crippen LogP contribution < -0.4 is 0 Å². The molecule has 0 N–H and O–H groups in total. The van der Waals surface area contributed by atoms with Gasteiger partial charge in [-0.05, 0) is 88.2 Å². The van der Waals surface area contributed by atoms with Gasteiger partial charge in [-0.2, -0.15) is 0 Å². The van der Waals surface area contributed by atoms with E-state index in [1.54, 1.807) is 41.8 Å². The van der Waals surface area contributed by atoms with Crippen LogP contribution in [0.1, 0.15) is 67.5 Å². The Bertz CT molecular complexity index is 1640. The van der Waals surface area contributed by atoms with E-state index in [0.29, 0.717) is 23.6 Å². The Morgan fingerprint density at radius 2 is 1.81 bits per heavy atom. The molecule has 1 aliphatic carbocycles. The number of benzene rings is 1. The molecule has 0 amide bonds. The molecule has 42 heavy (non-hydrogen) atoms. The molecule has 1 unspecified atom stereocenters. The van der Waals surface area contributed by atoms with Gasteiger partial charge in [0.05, 0.1) is 23.2 Å². The number of thiazole rings is 1. The van der Waals surface area contributed by atoms with Gasteiger partial charge in [0.2, 0.25) is 0 Å². The molecule has 3 aliphatic rings. The molecule has 3 aromatic heterocycles. The molecule has 2 aliphatic heterocycles. The van der Waals surface area contributed by atoms with Crippen LogP contribution in [-0.4, -0.2) is 78.1 Å². The van der Waals surface area contributed by atoms with Crippen molar-refractivity contribution in [2.24, 2.45) is 0 Å². The zero-order chi connectivity index (χ0) is 28.7. The van der Waals surface area contributed by atoms with Crippen molar-refractivity contribution in [2.45, 2.75) is 67.8 Å². The van der Waals surface area contributed by atoms with Gasteiger partial charge in [0.1, 0.15) is 5.01 Å². The predicted molar refractivity (Wildman–Crippen MR) is 166 cm³/mol. The number of pyridine rings is 1. The maximum Gasteiger partial charge on any atom is 0.269 e. The van der Waals surface area contributed by atoms with Crippen LogP contribution >= 0.6 is 11.3 Å². The maximum atomic E-state index is 13.8. The third-order valence-electron chi connectivity index (χ3n) is 9.48. The van der Waals surface area contributed by atoms with E-state index < -0.39 is 10.0 Å². The van der Waals surface area contributed by atoms with E-state index in [9.17, 15) is 8.42 Å². The second-order valence-corrected chi connectivity index (χ2v) is 14.7. The van der Waals surface area contributed by atoms with E-state index in [0.717, 1.165) is 80.2 Å². The summed E-state index contributed by atoms with van der Waals surface area (Å²) in [7, 11) is -1.67. The van der Waals surface area contributed by atoms with Crippen molar-refractivity contribution in [3.63, 3.8) is 0 Å². The SMILES string of the molecule is CN1CCCC1c1nc(-c2cn(S(=O)(=O)c3ccccc3)c3ncc([C@H]4CC[C@@H](N5CCCOCC5)CC4)cc23)cs1. The molecule has 0 spiro atoms. The average molecular weight is 606 g/mol. The molecule has 7 rings (SSSR count). The van der Waals surface area contributed by atoms with Crippen molar-refractivity contribution in [1.29, 1.82) is 0 Å². The van der Waals surface area contributed by atoms with Crippen LogP contribution in [0.5, 0.6) is 0 Å². The fourth-order valence-electron chi connectivity index (χ4n) is 7.10. The number of hydrogen-bond donors (Lipinski definition) is 0. The summed E-state index contributed by atoms with van der Waals surface area (Å²) in [5, 5.41) is 4.03. The van der Waals surface area contributed by atoms with Crippen molar-refractivity contribution in [1.82, 2.24) is 23.7 Å². The van der Waals surface area contributed by atoms with Gasteiger partial charge in [0.15, 0.2) is 5.65 Å². The summed E-state index contributed by atoms with van der Waals surface area (Å²) in [4.78, 5) is 15.1. The molecule has 222 valence electrons. The molecule has 1 aromatic carbocycles. The Balaban J connectivity index is 1.24. The molecule has 0 radical (unpaired) electrons. The van der Waals surface area contributed by atoms with E-state index in [2.05, 4.69) is 28.3 Å². The van der Waals surface area contributed by atoms with Crippen LogP contribution in [0.2, 0.25) is 0 Å². The summed E-state index contributed by atoms with van der Waals surface area (Å²) in [6.07, 6.45) is 11.6. The van der Waals surface area contributed by atoms with Gasteiger partial charge in [-0.25, -0.2) is 22.4 Å². The molecule has 5 heterocycles. The van der Waals surface area contributed by atoms with Gasteiger partial charge in [-0.1, -0.05) is 18.2 Å². The lowest BCUT2D eigenvalue weighted by Crippen LogP contribution is -2.39. The molecular weight excluding hydrogens is 567 g/mol. The first kappa shape index (κ1) is 28.2. The summed E-state index contributed by atoms with van der Waals surface area (Å²) in [5.41, 5.74) is 3.32. The lowest BCUT2D eigenvalue weighted by atomic mass is 9.81. The molecule has 2 saturated heterocycles. The fourth-order valence-corrected chi connectivity index (χ4v) is 9.47. The lowest BCUT2D eigenvalue weighted by Gasteiger charge is -2.36. The van der Waals surface area contributed by atoms with Crippen molar-refractivity contribution >= 4 is 32.4 Å². The summed E-state index contributed by atoms with van der Waals surface area (Å²) >= 11 is 1.67. The molecule has 1 atom stereocenters. The Kier molecular flexibility index (Phi) is 7.92. The third-order valence-corrected chi connectivity index (χ3v) is 12.1. The first-order chi connectivity index (χ1) is 20.5. The molecule has 1 saturated carbocycles. The minimum absolute atomic E-state index is 0.253. The minimum Gasteiger partial charge on any atom is -0.380 e. The topological polar surface area (TPSA) is 80.6 Å². The highest BCUT2D eigenvalue weighted by Crippen LogP contribution is 2.40. The van der Waals surface area contributed by atoms with Crippen LogP contribution in [0.25, 0.3) is 22.3 Å². The first-order valence-corrected chi connectivity index (χ1v) is 17.6. The molecule has 10 heteroatoms. The quantitative estimate of drug-likeness (QED) is 0.270. The van der Waals surface area contributed by atoms with E-state index in [-0.39, 0.29) is 4.90 Å². The van der Waals surface area contributed by atoms with Crippen molar-refractivity contribution in [3.8, 4) is 11.3 Å². The van der Waals surface area contributed by atoms with E-state index in [1.165, 1.54) is 28.8 Å². The van der Waals surface area contributed by atoms with Crippen molar-refractivity contribution in [3.05, 3.63) is 64.7 Å². The number of ether oxygens (including phenoxy) is 1. The Morgan fingerprint density at radius 1 is 0.976 bits per heavy atom. The largest absolute Gasteiger partial charge is 0.380 e. The zero-order valence-corrected chi connectivity index (χ0v) is 25.8. The van der Waals surface area contributed by atoms with Gasteiger partial charge < -0.3 is 4.74 Å². The normalized spacial score (nSPS) is 24.7. The van der Waals surface area contributed by atoms with Crippen LogP contribution in [0.15, 0.2) is 59.1 Å². The van der Waals surface area contributed by atoms with Gasteiger partial charge in [0.25, 0.3) is 10.0 Å². The van der Waals surface area contributed by atoms with Crippen LogP contribution in [0, 0.1) is 0 Å². The van der Waals surface area contributed by atoms with Crippen LogP contribution in [0.4, 0.5) is 0 Å². The fraction of sp³-hybridized carbons (Fsp3) is 0.500. The second kappa shape index (κ2) is 11.8. The number of likely N-dealkylation sites (tertiary alicyclic amines) is 1. The smallest absolute Gasteiger partial charge is 0.269 e. The molecular formula is C32H39N5O3S2. The van der Waals surface area contributed by atoms with E-state index in [1.807, 2.05) is 12.3 Å². The Hall–Kier alpha value is -2.63.